The van der Waals surface area contributed by atoms with Crippen LogP contribution >= 0.6 is 0 Å². The van der Waals surface area contributed by atoms with Gasteiger partial charge in [-0.15, -0.1) is 0 Å². The lowest BCUT2D eigenvalue weighted by molar-refractivity contribution is 0.0706. The van der Waals surface area contributed by atoms with Crippen molar-refractivity contribution in [1.29, 1.82) is 0 Å². The summed E-state index contributed by atoms with van der Waals surface area (Å²) in [6.45, 7) is 12.8. The maximum atomic E-state index is 10.4. The van der Waals surface area contributed by atoms with Gasteiger partial charge in [-0.1, -0.05) is 38.5 Å². The predicted molar refractivity (Wildman–Crippen MR) is 118 cm³/mol. The van der Waals surface area contributed by atoms with Crippen LogP contribution < -0.4 is 0 Å². The molecule has 8 heteroatoms. The van der Waals surface area contributed by atoms with E-state index in [1.165, 1.54) is 32.1 Å². The van der Waals surface area contributed by atoms with Crippen molar-refractivity contribution in [2.24, 2.45) is 0 Å². The lowest BCUT2D eigenvalue weighted by Crippen LogP contribution is -2.45. The molecular formula is C20H46O6Si2. The van der Waals surface area contributed by atoms with Crippen molar-refractivity contribution in [1.82, 2.24) is 0 Å². The summed E-state index contributed by atoms with van der Waals surface area (Å²) < 4.78 is 28.6. The molecule has 0 radical (unpaired) electrons. The van der Waals surface area contributed by atoms with E-state index >= 15 is 0 Å². The molecular weight excluding hydrogens is 392 g/mol. The van der Waals surface area contributed by atoms with Crippen molar-refractivity contribution in [3.63, 3.8) is 0 Å². The monoisotopic (exact) mass is 438 g/mol. The highest BCUT2D eigenvalue weighted by Crippen LogP contribution is 2.21. The Bertz CT molecular complexity index is 324. The van der Waals surface area contributed by atoms with E-state index in [4.69, 9.17) is 22.1 Å². The van der Waals surface area contributed by atoms with E-state index in [1.54, 1.807) is 0 Å². The number of hydrogen-bond donors (Lipinski definition) is 1. The van der Waals surface area contributed by atoms with Gasteiger partial charge in [-0.2, -0.15) is 0 Å². The summed E-state index contributed by atoms with van der Waals surface area (Å²) in [5, 5.41) is 0. The van der Waals surface area contributed by atoms with E-state index < -0.39 is 17.6 Å². The van der Waals surface area contributed by atoms with Gasteiger partial charge in [-0.3, -0.25) is 0 Å². The first-order chi connectivity index (χ1) is 13.5. The second-order valence-corrected chi connectivity index (χ2v) is 12.1. The van der Waals surface area contributed by atoms with Gasteiger partial charge in [0.05, 0.1) is 0 Å². The minimum Gasteiger partial charge on any atom is -0.390 e. The van der Waals surface area contributed by atoms with Crippen molar-refractivity contribution >= 4 is 17.6 Å². The van der Waals surface area contributed by atoms with Crippen molar-refractivity contribution in [2.75, 3.05) is 33.0 Å². The van der Waals surface area contributed by atoms with Gasteiger partial charge in [-0.05, 0) is 47.5 Å². The summed E-state index contributed by atoms with van der Waals surface area (Å²) in [5.41, 5.74) is 0. The highest BCUT2D eigenvalue weighted by Gasteiger charge is 2.39. The van der Waals surface area contributed by atoms with Crippen molar-refractivity contribution < 1.29 is 26.9 Å². The maximum absolute atomic E-state index is 10.4. The third-order valence-electron chi connectivity index (χ3n) is 4.56. The smallest absolute Gasteiger partial charge is 0.390 e. The summed E-state index contributed by atoms with van der Waals surface area (Å²) in [7, 11) is -5.36. The van der Waals surface area contributed by atoms with Crippen LogP contribution in [0.5, 0.6) is 0 Å². The molecule has 6 nitrogen and oxygen atoms in total. The first-order valence-corrected chi connectivity index (χ1v) is 15.3. The van der Waals surface area contributed by atoms with Gasteiger partial charge in [0.2, 0.25) is 0 Å². The van der Waals surface area contributed by atoms with Crippen LogP contribution in [-0.2, 0) is 22.1 Å². The second-order valence-electron chi connectivity index (χ2n) is 6.89. The van der Waals surface area contributed by atoms with Crippen molar-refractivity contribution in [3.05, 3.63) is 0 Å². The first kappa shape index (κ1) is 28.2. The standard InChI is InChI=1S/C20H46O6Si2/c1-6-22-27(21,23-7-2)19-17-15-13-11-12-14-16-18-20-28(24-8-3,25-9-4)26-10-5/h21H,6-20H2,1-5H3. The number of rotatable bonds is 21. The normalized spacial score (nSPS) is 12.6. The summed E-state index contributed by atoms with van der Waals surface area (Å²) >= 11 is 0. The molecule has 28 heavy (non-hydrogen) atoms. The molecule has 0 amide bonds. The van der Waals surface area contributed by atoms with E-state index in [0.29, 0.717) is 39.1 Å². The highest BCUT2D eigenvalue weighted by atomic mass is 28.4. The zero-order valence-corrected chi connectivity index (χ0v) is 21.1. The fourth-order valence-electron chi connectivity index (χ4n) is 3.39. The maximum Gasteiger partial charge on any atom is 0.500 e. The molecule has 0 saturated carbocycles. The molecule has 170 valence electrons. The molecule has 0 saturated heterocycles. The minimum atomic E-state index is -2.91. The molecule has 0 rings (SSSR count). The zero-order chi connectivity index (χ0) is 21.1. The molecule has 0 spiro atoms. The van der Waals surface area contributed by atoms with E-state index in [9.17, 15) is 4.80 Å². The Morgan fingerprint density at radius 2 is 0.786 bits per heavy atom. The van der Waals surface area contributed by atoms with Gasteiger partial charge in [0.1, 0.15) is 0 Å². The first-order valence-electron chi connectivity index (χ1n) is 11.4. The molecule has 0 unspecified atom stereocenters. The van der Waals surface area contributed by atoms with Crippen LogP contribution in [0.4, 0.5) is 0 Å². The summed E-state index contributed by atoms with van der Waals surface area (Å²) in [6.07, 6.45) is 9.36. The topological polar surface area (TPSA) is 66.4 Å². The van der Waals surface area contributed by atoms with Crippen LogP contribution in [0.15, 0.2) is 0 Å². The van der Waals surface area contributed by atoms with E-state index in [1.807, 2.05) is 34.6 Å². The Labute approximate surface area is 176 Å². The van der Waals surface area contributed by atoms with Crippen molar-refractivity contribution in [3.8, 4) is 0 Å². The molecule has 0 atom stereocenters. The molecule has 0 aliphatic heterocycles. The van der Waals surface area contributed by atoms with Gasteiger partial charge in [0.25, 0.3) is 0 Å². The molecule has 0 aliphatic rings. The van der Waals surface area contributed by atoms with Crippen molar-refractivity contribution in [2.45, 2.75) is 98.1 Å². The summed E-state index contributed by atoms with van der Waals surface area (Å²) in [4.78, 5) is 10.4. The zero-order valence-electron chi connectivity index (χ0n) is 19.1. The largest absolute Gasteiger partial charge is 0.500 e. The Morgan fingerprint density at radius 1 is 0.464 bits per heavy atom. The molecule has 0 aromatic heterocycles. The molecule has 0 fully saturated rings. The molecule has 0 aromatic carbocycles. The van der Waals surface area contributed by atoms with Gasteiger partial charge in [0.15, 0.2) is 0 Å². The SMILES string of the molecule is CCO[Si](O)(CCCCCCCCCC[Si](OCC)(OCC)OCC)OCC. The van der Waals surface area contributed by atoms with E-state index in [0.717, 1.165) is 25.3 Å². The predicted octanol–water partition coefficient (Wildman–Crippen LogP) is 5.16. The third kappa shape index (κ3) is 13.4. The minimum absolute atomic E-state index is 0.517. The van der Waals surface area contributed by atoms with Gasteiger partial charge < -0.3 is 26.9 Å². The third-order valence-corrected chi connectivity index (χ3v) is 10.2. The number of hydrogen-bond acceptors (Lipinski definition) is 6. The summed E-state index contributed by atoms with van der Waals surface area (Å²) in [5.74, 6) is 0. The molecule has 1 N–H and O–H groups in total. The average molecular weight is 439 g/mol. The van der Waals surface area contributed by atoms with Gasteiger partial charge in [-0.25, -0.2) is 0 Å². The Kier molecular flexibility index (Phi) is 18.1. The van der Waals surface area contributed by atoms with Crippen LogP contribution in [0.1, 0.15) is 86.0 Å². The fourth-order valence-corrected chi connectivity index (χ4v) is 8.05. The van der Waals surface area contributed by atoms with Crippen LogP contribution in [0, 0.1) is 0 Å². The second kappa shape index (κ2) is 18.0. The van der Waals surface area contributed by atoms with Crippen LogP contribution in [0.3, 0.4) is 0 Å². The molecule has 0 aliphatic carbocycles. The van der Waals surface area contributed by atoms with Gasteiger partial charge >= 0.3 is 17.6 Å². The quantitative estimate of drug-likeness (QED) is 0.197. The fraction of sp³-hybridized carbons (Fsp3) is 1.00. The summed E-state index contributed by atoms with van der Waals surface area (Å²) in [6, 6.07) is 1.59. The van der Waals surface area contributed by atoms with Gasteiger partial charge in [0, 0.05) is 45.1 Å². The Morgan fingerprint density at radius 3 is 1.14 bits per heavy atom. The highest BCUT2D eigenvalue weighted by molar-refractivity contribution is 6.60. The molecule has 0 aromatic rings. The lowest BCUT2D eigenvalue weighted by atomic mass is 10.1. The van der Waals surface area contributed by atoms with Crippen LogP contribution in [0.25, 0.3) is 0 Å². The number of unbranched alkanes of at least 4 members (excludes halogenated alkanes) is 7. The Hall–Kier alpha value is 0.194. The molecule has 0 heterocycles. The van der Waals surface area contributed by atoms with E-state index in [-0.39, 0.29) is 0 Å². The van der Waals surface area contributed by atoms with Crippen LogP contribution in [-0.4, -0.2) is 55.4 Å². The lowest BCUT2D eigenvalue weighted by Gasteiger charge is -2.28. The van der Waals surface area contributed by atoms with E-state index in [2.05, 4.69) is 0 Å². The average Bonchev–Trinajstić information content (AvgIpc) is 2.64. The molecule has 0 bridgehead atoms. The Balaban J connectivity index is 3.82. The van der Waals surface area contributed by atoms with Crippen LogP contribution in [0.2, 0.25) is 12.1 Å².